The molecule has 0 saturated carbocycles. The fourth-order valence-corrected chi connectivity index (χ4v) is 3.76. The first-order chi connectivity index (χ1) is 20.0. The third kappa shape index (κ3) is 16.8. The van der Waals surface area contributed by atoms with Crippen LogP contribution in [0.5, 0.6) is 0 Å². The van der Waals surface area contributed by atoms with Gasteiger partial charge in [-0.25, -0.2) is 4.79 Å². The second kappa shape index (κ2) is 19.9. The Balaban J connectivity index is 5.89. The van der Waals surface area contributed by atoms with Crippen LogP contribution < -0.4 is 49.9 Å². The molecule has 0 unspecified atom stereocenters. The Hall–Kier alpha value is -4.15. The maximum Gasteiger partial charge on any atom is 0.326 e. The van der Waals surface area contributed by atoms with Crippen LogP contribution in [0.3, 0.4) is 0 Å². The molecule has 0 heterocycles. The van der Waals surface area contributed by atoms with E-state index in [1.54, 1.807) is 13.8 Å². The summed E-state index contributed by atoms with van der Waals surface area (Å²) < 4.78 is 0. The molecule has 4 amide bonds. The summed E-state index contributed by atoms with van der Waals surface area (Å²) in [6.45, 7) is 8.91. The molecule has 15 N–H and O–H groups in total. The number of amides is 4. The SMILES string of the molecule is CC(C)C[C@H](NC(=O)[C@H](CCCN=C(N)N)NC(=O)[C@H](CCCN=C(N)N)NC(=O)[C@H](C)NC(=O)[C@@H](N)C(C)C)C(=O)O. The lowest BCUT2D eigenvalue weighted by molar-refractivity contribution is -0.142. The van der Waals surface area contributed by atoms with E-state index >= 15 is 0 Å². The van der Waals surface area contributed by atoms with E-state index in [-0.39, 0.29) is 68.9 Å². The second-order valence-electron chi connectivity index (χ2n) is 11.0. The largest absolute Gasteiger partial charge is 0.480 e. The highest BCUT2D eigenvalue weighted by molar-refractivity contribution is 5.95. The predicted octanol–water partition coefficient (Wildman–Crippen LogP) is -2.83. The fraction of sp³-hybridized carbons (Fsp3) is 0.731. The molecule has 0 aromatic heterocycles. The molecule has 0 fully saturated rings. The summed E-state index contributed by atoms with van der Waals surface area (Å²) in [5.41, 5.74) is 27.3. The highest BCUT2D eigenvalue weighted by Gasteiger charge is 2.31. The molecule has 0 aliphatic carbocycles. The molecule has 0 bridgehead atoms. The molecule has 0 rings (SSSR count). The van der Waals surface area contributed by atoms with Gasteiger partial charge in [0.25, 0.3) is 0 Å². The van der Waals surface area contributed by atoms with Gasteiger partial charge in [0, 0.05) is 13.1 Å². The van der Waals surface area contributed by atoms with Crippen LogP contribution in [0.25, 0.3) is 0 Å². The zero-order chi connectivity index (χ0) is 33.3. The van der Waals surface area contributed by atoms with Crippen molar-refractivity contribution in [3.63, 3.8) is 0 Å². The van der Waals surface area contributed by atoms with E-state index in [2.05, 4.69) is 31.3 Å². The Kier molecular flexibility index (Phi) is 18.0. The van der Waals surface area contributed by atoms with E-state index in [0.717, 1.165) is 0 Å². The molecule has 43 heavy (non-hydrogen) atoms. The van der Waals surface area contributed by atoms with Crippen molar-refractivity contribution in [1.29, 1.82) is 0 Å². The summed E-state index contributed by atoms with van der Waals surface area (Å²) in [6, 6.07) is -5.37. The van der Waals surface area contributed by atoms with Crippen molar-refractivity contribution in [1.82, 2.24) is 21.3 Å². The van der Waals surface area contributed by atoms with Crippen LogP contribution in [0.4, 0.5) is 0 Å². The quantitative estimate of drug-likeness (QED) is 0.0379. The van der Waals surface area contributed by atoms with Crippen molar-refractivity contribution in [2.24, 2.45) is 50.5 Å². The van der Waals surface area contributed by atoms with Crippen molar-refractivity contribution < 1.29 is 29.1 Å². The number of carboxylic acid groups (broad SMARTS) is 1. The standard InChI is InChI=1S/C26H51N11O6/c1-13(2)12-18(24(42)43)37-22(40)17(9-7-11-33-26(30)31)36-21(39)16(8-6-10-32-25(28)29)35-20(38)15(5)34-23(41)19(27)14(3)4/h13-19H,6-12,27H2,1-5H3,(H,34,41)(H,35,38)(H,36,39)(H,37,40)(H,42,43)(H4,28,29,32)(H4,30,31,33)/t15-,16-,17-,18-,19-/m0/s1. The highest BCUT2D eigenvalue weighted by Crippen LogP contribution is 2.08. The number of hydrogen-bond acceptors (Lipinski definition) is 8. The van der Waals surface area contributed by atoms with E-state index in [9.17, 15) is 29.1 Å². The van der Waals surface area contributed by atoms with E-state index in [0.29, 0.717) is 0 Å². The van der Waals surface area contributed by atoms with Crippen LogP contribution in [0.15, 0.2) is 9.98 Å². The van der Waals surface area contributed by atoms with Gasteiger partial charge < -0.3 is 55.0 Å². The van der Waals surface area contributed by atoms with Crippen LogP contribution in [0, 0.1) is 11.8 Å². The van der Waals surface area contributed by atoms with Crippen molar-refractivity contribution in [2.45, 2.75) is 96.9 Å². The summed E-state index contributed by atoms with van der Waals surface area (Å²) in [7, 11) is 0. The smallest absolute Gasteiger partial charge is 0.326 e. The van der Waals surface area contributed by atoms with Crippen molar-refractivity contribution in [2.75, 3.05) is 13.1 Å². The van der Waals surface area contributed by atoms with Crippen LogP contribution in [0.2, 0.25) is 0 Å². The average Bonchev–Trinajstić information content (AvgIpc) is 2.89. The highest BCUT2D eigenvalue weighted by atomic mass is 16.4. The van der Waals surface area contributed by atoms with E-state index in [1.165, 1.54) is 6.92 Å². The molecule has 0 aliphatic heterocycles. The van der Waals surface area contributed by atoms with Crippen molar-refractivity contribution in [3.8, 4) is 0 Å². The molecule has 17 heteroatoms. The fourth-order valence-electron chi connectivity index (χ4n) is 3.76. The van der Waals surface area contributed by atoms with Gasteiger partial charge in [-0.3, -0.25) is 29.2 Å². The number of hydrogen-bond donors (Lipinski definition) is 10. The van der Waals surface area contributed by atoms with E-state index in [1.807, 2.05) is 13.8 Å². The number of rotatable bonds is 20. The Bertz CT molecular complexity index is 994. The summed E-state index contributed by atoms with van der Waals surface area (Å²) >= 11 is 0. The number of aliphatic carboxylic acids is 1. The van der Waals surface area contributed by atoms with E-state index < -0.39 is 59.8 Å². The number of guanidine groups is 2. The normalized spacial score (nSPS) is 14.4. The van der Waals surface area contributed by atoms with Gasteiger partial charge in [0.1, 0.15) is 24.2 Å². The van der Waals surface area contributed by atoms with Crippen LogP contribution in [-0.2, 0) is 24.0 Å². The summed E-state index contributed by atoms with van der Waals surface area (Å²) in [5.74, 6) is -4.33. The molecule has 17 nitrogen and oxygen atoms in total. The van der Waals surface area contributed by atoms with E-state index in [4.69, 9.17) is 28.7 Å². The molecule has 0 aliphatic rings. The van der Waals surface area contributed by atoms with Crippen LogP contribution >= 0.6 is 0 Å². The first kappa shape index (κ1) is 38.9. The first-order valence-electron chi connectivity index (χ1n) is 14.3. The Labute approximate surface area is 252 Å². The van der Waals surface area contributed by atoms with Gasteiger partial charge >= 0.3 is 5.97 Å². The van der Waals surface area contributed by atoms with Crippen molar-refractivity contribution >= 4 is 41.5 Å². The molecule has 5 atom stereocenters. The number of carbonyl (C=O) groups is 5. The minimum absolute atomic E-state index is 0.0290. The van der Waals surface area contributed by atoms with Gasteiger partial charge in [0.05, 0.1) is 6.04 Å². The zero-order valence-corrected chi connectivity index (χ0v) is 25.8. The Morgan fingerprint density at radius 1 is 0.651 bits per heavy atom. The number of carboxylic acids is 1. The monoisotopic (exact) mass is 613 g/mol. The number of carbonyl (C=O) groups excluding carboxylic acids is 4. The zero-order valence-electron chi connectivity index (χ0n) is 25.8. The summed E-state index contributed by atoms with van der Waals surface area (Å²) in [4.78, 5) is 71.3. The number of nitrogens with two attached hydrogens (primary N) is 5. The lowest BCUT2D eigenvalue weighted by Gasteiger charge is -2.26. The Morgan fingerprint density at radius 2 is 1.07 bits per heavy atom. The van der Waals surface area contributed by atoms with Crippen molar-refractivity contribution in [3.05, 3.63) is 0 Å². The maximum absolute atomic E-state index is 13.4. The molecule has 246 valence electrons. The molecular weight excluding hydrogens is 562 g/mol. The topological polar surface area (TPSA) is 309 Å². The molecule has 0 aromatic carbocycles. The Morgan fingerprint density at radius 3 is 1.44 bits per heavy atom. The molecular formula is C26H51N11O6. The van der Waals surface area contributed by atoms with Gasteiger partial charge in [0.15, 0.2) is 11.9 Å². The summed E-state index contributed by atoms with van der Waals surface area (Å²) in [6.07, 6.45) is 0.874. The third-order valence-electron chi connectivity index (χ3n) is 6.25. The van der Waals surface area contributed by atoms with Gasteiger partial charge in [0.2, 0.25) is 23.6 Å². The minimum atomic E-state index is -1.22. The molecule has 0 aromatic rings. The maximum atomic E-state index is 13.4. The number of aliphatic imine (C=N–C) groups is 2. The average molecular weight is 614 g/mol. The summed E-state index contributed by atoms with van der Waals surface area (Å²) in [5, 5.41) is 19.8. The lowest BCUT2D eigenvalue weighted by Crippen LogP contribution is -2.58. The number of nitrogens with zero attached hydrogens (tertiary/aromatic N) is 2. The van der Waals surface area contributed by atoms with Gasteiger partial charge in [-0.2, -0.15) is 0 Å². The second-order valence-corrected chi connectivity index (χ2v) is 11.0. The minimum Gasteiger partial charge on any atom is -0.480 e. The number of nitrogens with one attached hydrogen (secondary N) is 4. The lowest BCUT2D eigenvalue weighted by atomic mass is 10.0. The van der Waals surface area contributed by atoms with Gasteiger partial charge in [-0.05, 0) is 50.9 Å². The third-order valence-corrected chi connectivity index (χ3v) is 6.25. The van der Waals surface area contributed by atoms with Gasteiger partial charge in [-0.15, -0.1) is 0 Å². The predicted molar refractivity (Wildman–Crippen MR) is 163 cm³/mol. The molecule has 0 saturated heterocycles. The van der Waals surface area contributed by atoms with Gasteiger partial charge in [-0.1, -0.05) is 27.7 Å². The van der Waals surface area contributed by atoms with Crippen LogP contribution in [-0.4, -0.2) is 89.9 Å². The molecule has 0 spiro atoms. The molecule has 0 radical (unpaired) electrons. The van der Waals surface area contributed by atoms with Crippen LogP contribution in [0.1, 0.15) is 66.7 Å². The first-order valence-corrected chi connectivity index (χ1v) is 14.3.